The molecule has 2 heterocycles. The molecule has 0 bridgehead atoms. The van der Waals surface area contributed by atoms with Crippen LogP contribution in [0.3, 0.4) is 0 Å². The van der Waals surface area contributed by atoms with E-state index in [1.807, 2.05) is 0 Å². The van der Waals surface area contributed by atoms with Gasteiger partial charge in [0.25, 0.3) is 11.8 Å². The molecule has 4 rings (SSSR count). The Hall–Kier alpha value is -4.01. The summed E-state index contributed by atoms with van der Waals surface area (Å²) in [6.07, 6.45) is 4.94. The average molecular weight is 541 g/mol. The minimum atomic E-state index is -0.821. The maximum atomic E-state index is 13.1. The Bertz CT molecular complexity index is 1400. The number of furan rings is 1. The highest BCUT2D eigenvalue weighted by Crippen LogP contribution is 2.36. The predicted octanol–water partition coefficient (Wildman–Crippen LogP) is 5.56. The molecule has 1 fully saturated rings. The van der Waals surface area contributed by atoms with E-state index in [2.05, 4.69) is 11.9 Å². The number of nitrogens with zero attached hydrogens (tertiary/aromatic N) is 1. The van der Waals surface area contributed by atoms with Gasteiger partial charge in [0.05, 0.1) is 19.9 Å². The summed E-state index contributed by atoms with van der Waals surface area (Å²) in [7, 11) is 1.48. The number of carbonyl (C=O) groups is 3. The van der Waals surface area contributed by atoms with Gasteiger partial charge in [-0.2, -0.15) is 0 Å². The first-order valence-electron chi connectivity index (χ1n) is 11.1. The lowest BCUT2D eigenvalue weighted by atomic mass is 10.0. The molecule has 0 radical (unpaired) electrons. The van der Waals surface area contributed by atoms with Crippen LogP contribution < -0.4 is 14.8 Å². The highest BCUT2D eigenvalue weighted by Gasteiger charge is 2.36. The minimum absolute atomic E-state index is 0.118. The molecular weight excluding hydrogens is 519 g/mol. The van der Waals surface area contributed by atoms with Crippen molar-refractivity contribution in [3.63, 3.8) is 0 Å². The third-order valence-corrected chi connectivity index (χ3v) is 6.10. The summed E-state index contributed by atoms with van der Waals surface area (Å²) in [6, 6.07) is 10.9. The second kappa shape index (κ2) is 11.4. The maximum absolute atomic E-state index is 13.1. The average Bonchev–Trinajstić information content (AvgIpc) is 3.38. The quantitative estimate of drug-likeness (QED) is 0.216. The SMILES string of the molecule is C=CCc1cc(/C=C2\C(=O)NC(=O)N(Cc3ccco3)C2=O)cc(OC)c1OCc1ccc(Cl)cc1Cl. The molecule has 1 saturated heterocycles. The Morgan fingerprint density at radius 2 is 1.92 bits per heavy atom. The number of amides is 4. The Balaban J connectivity index is 1.66. The van der Waals surface area contributed by atoms with Crippen LogP contribution in [0.25, 0.3) is 6.08 Å². The van der Waals surface area contributed by atoms with Gasteiger partial charge >= 0.3 is 6.03 Å². The van der Waals surface area contributed by atoms with Crippen LogP contribution in [0.2, 0.25) is 10.0 Å². The normalized spacial score (nSPS) is 14.6. The molecule has 37 heavy (non-hydrogen) atoms. The molecule has 1 N–H and O–H groups in total. The third-order valence-electron chi connectivity index (χ3n) is 5.52. The molecule has 8 nitrogen and oxygen atoms in total. The van der Waals surface area contributed by atoms with Gasteiger partial charge in [-0.1, -0.05) is 35.3 Å². The van der Waals surface area contributed by atoms with Gasteiger partial charge in [0.15, 0.2) is 11.5 Å². The van der Waals surface area contributed by atoms with E-state index in [1.165, 1.54) is 19.4 Å². The number of halogens is 2. The van der Waals surface area contributed by atoms with Crippen LogP contribution in [0.4, 0.5) is 4.79 Å². The van der Waals surface area contributed by atoms with Crippen molar-refractivity contribution in [3.05, 3.63) is 99.5 Å². The molecule has 0 unspecified atom stereocenters. The molecule has 2 aromatic carbocycles. The summed E-state index contributed by atoms with van der Waals surface area (Å²) >= 11 is 12.3. The summed E-state index contributed by atoms with van der Waals surface area (Å²) in [6.45, 7) is 3.84. The van der Waals surface area contributed by atoms with Gasteiger partial charge in [0.1, 0.15) is 17.9 Å². The number of hydrogen-bond acceptors (Lipinski definition) is 6. The van der Waals surface area contributed by atoms with Crippen molar-refractivity contribution in [3.8, 4) is 11.5 Å². The third kappa shape index (κ3) is 5.87. The van der Waals surface area contributed by atoms with Crippen LogP contribution in [-0.2, 0) is 29.2 Å². The zero-order valence-corrected chi connectivity index (χ0v) is 21.3. The highest BCUT2D eigenvalue weighted by atomic mass is 35.5. The van der Waals surface area contributed by atoms with E-state index in [4.69, 9.17) is 37.1 Å². The predicted molar refractivity (Wildman–Crippen MR) is 138 cm³/mol. The summed E-state index contributed by atoms with van der Waals surface area (Å²) < 4.78 is 16.9. The number of nitrogens with one attached hydrogen (secondary N) is 1. The topological polar surface area (TPSA) is 98.1 Å². The monoisotopic (exact) mass is 540 g/mol. The number of barbiturate groups is 1. The fraction of sp³-hybridized carbons (Fsp3) is 0.148. The fourth-order valence-electron chi connectivity index (χ4n) is 3.74. The van der Waals surface area contributed by atoms with Crippen LogP contribution in [0.1, 0.15) is 22.5 Å². The molecule has 3 aromatic rings. The Morgan fingerprint density at radius 3 is 2.59 bits per heavy atom. The van der Waals surface area contributed by atoms with E-state index in [0.717, 1.165) is 10.5 Å². The van der Waals surface area contributed by atoms with Crippen molar-refractivity contribution in [2.75, 3.05) is 7.11 Å². The Kier molecular flexibility index (Phi) is 8.01. The number of imide groups is 2. The van der Waals surface area contributed by atoms with E-state index in [0.29, 0.717) is 44.9 Å². The number of urea groups is 1. The number of hydrogen-bond donors (Lipinski definition) is 1. The molecule has 0 spiro atoms. The van der Waals surface area contributed by atoms with Crippen molar-refractivity contribution in [1.29, 1.82) is 0 Å². The van der Waals surface area contributed by atoms with Gasteiger partial charge < -0.3 is 13.9 Å². The van der Waals surface area contributed by atoms with Crippen molar-refractivity contribution in [1.82, 2.24) is 10.2 Å². The molecule has 0 aliphatic carbocycles. The van der Waals surface area contributed by atoms with E-state index < -0.39 is 17.8 Å². The van der Waals surface area contributed by atoms with Crippen LogP contribution in [0.5, 0.6) is 11.5 Å². The standard InChI is InChI=1S/C27H22Cl2N2O6/c1-3-5-17-10-16(12-23(35-2)24(17)37-15-18-7-8-19(28)13-22(18)29)11-21-25(32)30-27(34)31(26(21)33)14-20-6-4-9-36-20/h3-4,6-13H,1,5,14-15H2,2H3,(H,30,32,34)/b21-11+. The number of benzene rings is 2. The van der Waals surface area contributed by atoms with Crippen molar-refractivity contribution < 1.29 is 28.3 Å². The van der Waals surface area contributed by atoms with Crippen LogP contribution in [-0.4, -0.2) is 29.9 Å². The summed E-state index contributed by atoms with van der Waals surface area (Å²) in [5, 5.41) is 3.18. The number of rotatable bonds is 9. The number of ether oxygens (including phenoxy) is 2. The lowest BCUT2D eigenvalue weighted by Crippen LogP contribution is -2.53. The first-order valence-corrected chi connectivity index (χ1v) is 11.9. The minimum Gasteiger partial charge on any atom is -0.493 e. The summed E-state index contributed by atoms with van der Waals surface area (Å²) in [5.41, 5.74) is 1.73. The second-order valence-corrected chi connectivity index (χ2v) is 8.86. The molecular formula is C27H22Cl2N2O6. The highest BCUT2D eigenvalue weighted by molar-refractivity contribution is 6.35. The number of carbonyl (C=O) groups excluding carboxylic acids is 3. The smallest absolute Gasteiger partial charge is 0.331 e. The van der Waals surface area contributed by atoms with Crippen molar-refractivity contribution in [2.24, 2.45) is 0 Å². The second-order valence-electron chi connectivity index (χ2n) is 8.02. The van der Waals surface area contributed by atoms with Crippen LogP contribution in [0.15, 0.2) is 71.4 Å². The maximum Gasteiger partial charge on any atom is 0.331 e. The van der Waals surface area contributed by atoms with E-state index in [9.17, 15) is 14.4 Å². The van der Waals surface area contributed by atoms with Gasteiger partial charge in [-0.25, -0.2) is 4.79 Å². The molecule has 10 heteroatoms. The Labute approximate surface area is 223 Å². The lowest BCUT2D eigenvalue weighted by molar-refractivity contribution is -0.130. The Morgan fingerprint density at radius 1 is 1.11 bits per heavy atom. The van der Waals surface area contributed by atoms with Gasteiger partial charge in [-0.05, 0) is 54.5 Å². The van der Waals surface area contributed by atoms with Gasteiger partial charge in [-0.15, -0.1) is 6.58 Å². The first kappa shape index (κ1) is 26.1. The van der Waals surface area contributed by atoms with E-state index in [-0.39, 0.29) is 18.7 Å². The first-order chi connectivity index (χ1) is 17.8. The zero-order valence-electron chi connectivity index (χ0n) is 19.8. The zero-order chi connectivity index (χ0) is 26.5. The molecule has 1 aromatic heterocycles. The molecule has 190 valence electrons. The lowest BCUT2D eigenvalue weighted by Gasteiger charge is -2.25. The number of allylic oxidation sites excluding steroid dienone is 1. The van der Waals surface area contributed by atoms with Gasteiger partial charge in [0.2, 0.25) is 0 Å². The van der Waals surface area contributed by atoms with E-state index >= 15 is 0 Å². The number of methoxy groups -OCH3 is 1. The van der Waals surface area contributed by atoms with Gasteiger partial charge in [0, 0.05) is 21.2 Å². The summed E-state index contributed by atoms with van der Waals surface area (Å²) in [4.78, 5) is 38.8. The van der Waals surface area contributed by atoms with Crippen molar-refractivity contribution in [2.45, 2.75) is 19.6 Å². The largest absolute Gasteiger partial charge is 0.493 e. The molecule has 1 aliphatic rings. The van der Waals surface area contributed by atoms with Crippen LogP contribution >= 0.6 is 23.2 Å². The molecule has 0 atom stereocenters. The fourth-order valence-corrected chi connectivity index (χ4v) is 4.20. The molecule has 1 aliphatic heterocycles. The van der Waals surface area contributed by atoms with Gasteiger partial charge in [-0.3, -0.25) is 19.8 Å². The van der Waals surface area contributed by atoms with Crippen LogP contribution in [0, 0.1) is 0 Å². The summed E-state index contributed by atoms with van der Waals surface area (Å²) in [5.74, 6) is -0.303. The molecule has 4 amide bonds. The van der Waals surface area contributed by atoms with E-state index in [1.54, 1.807) is 48.5 Å². The molecule has 0 saturated carbocycles. The van der Waals surface area contributed by atoms with Crippen molar-refractivity contribution >= 4 is 47.1 Å².